The number of nitriles is 1. The SMILES string of the molecule is N#Cc1ccc(OCCN2CCN(c3ncnc4sccc34)CC2)cc1. The van der Waals surface area contributed by atoms with E-state index in [4.69, 9.17) is 10.00 Å². The number of hydrogen-bond donors (Lipinski definition) is 0. The first-order valence-electron chi connectivity index (χ1n) is 8.62. The van der Waals surface area contributed by atoms with E-state index in [1.165, 1.54) is 0 Å². The molecule has 6 nitrogen and oxygen atoms in total. The van der Waals surface area contributed by atoms with Gasteiger partial charge in [-0.15, -0.1) is 11.3 Å². The standard InChI is InChI=1S/C19H19N5OS/c20-13-15-1-3-16(4-2-15)25-11-10-23-6-8-24(9-7-23)18-17-5-12-26-19(17)22-14-21-18/h1-5,12,14H,6-11H2. The van der Waals surface area contributed by atoms with Crippen molar-refractivity contribution in [3.8, 4) is 11.8 Å². The summed E-state index contributed by atoms with van der Waals surface area (Å²) in [6.07, 6.45) is 1.66. The average Bonchev–Trinajstić information content (AvgIpc) is 3.18. The van der Waals surface area contributed by atoms with Gasteiger partial charge in [-0.05, 0) is 35.7 Å². The second-order valence-electron chi connectivity index (χ2n) is 6.15. The predicted octanol–water partition coefficient (Wildman–Crippen LogP) is 2.76. The highest BCUT2D eigenvalue weighted by molar-refractivity contribution is 7.16. The summed E-state index contributed by atoms with van der Waals surface area (Å²) in [5, 5.41) is 12.0. The first-order chi connectivity index (χ1) is 12.8. The van der Waals surface area contributed by atoms with Crippen molar-refractivity contribution in [2.24, 2.45) is 0 Å². The van der Waals surface area contributed by atoms with Crippen molar-refractivity contribution < 1.29 is 4.74 Å². The van der Waals surface area contributed by atoms with Crippen molar-refractivity contribution in [1.29, 1.82) is 5.26 Å². The summed E-state index contributed by atoms with van der Waals surface area (Å²) in [6.45, 7) is 5.44. The monoisotopic (exact) mass is 365 g/mol. The zero-order valence-corrected chi connectivity index (χ0v) is 15.2. The highest BCUT2D eigenvalue weighted by atomic mass is 32.1. The molecule has 3 heterocycles. The Hall–Kier alpha value is -2.69. The zero-order valence-electron chi connectivity index (χ0n) is 14.3. The largest absolute Gasteiger partial charge is 0.492 e. The second kappa shape index (κ2) is 7.68. The summed E-state index contributed by atoms with van der Waals surface area (Å²) in [4.78, 5) is 14.6. The normalized spacial score (nSPS) is 15.1. The van der Waals surface area contributed by atoms with Gasteiger partial charge in [-0.1, -0.05) is 0 Å². The van der Waals surface area contributed by atoms with Crippen LogP contribution in [0.15, 0.2) is 42.0 Å². The summed E-state index contributed by atoms with van der Waals surface area (Å²) >= 11 is 1.65. The first-order valence-corrected chi connectivity index (χ1v) is 9.50. The summed E-state index contributed by atoms with van der Waals surface area (Å²) in [5.41, 5.74) is 0.651. The van der Waals surface area contributed by atoms with Crippen LogP contribution in [0.25, 0.3) is 10.2 Å². The van der Waals surface area contributed by atoms with Crippen LogP contribution in [0.1, 0.15) is 5.56 Å². The van der Waals surface area contributed by atoms with Gasteiger partial charge in [0.2, 0.25) is 0 Å². The van der Waals surface area contributed by atoms with Gasteiger partial charge >= 0.3 is 0 Å². The number of benzene rings is 1. The van der Waals surface area contributed by atoms with E-state index in [0.717, 1.165) is 54.5 Å². The summed E-state index contributed by atoms with van der Waals surface area (Å²) < 4.78 is 5.78. The highest BCUT2D eigenvalue weighted by Gasteiger charge is 2.20. The Morgan fingerprint density at radius 3 is 2.65 bits per heavy atom. The molecule has 1 saturated heterocycles. The average molecular weight is 365 g/mol. The van der Waals surface area contributed by atoms with Crippen LogP contribution in [-0.2, 0) is 0 Å². The van der Waals surface area contributed by atoms with Crippen LogP contribution in [0.5, 0.6) is 5.75 Å². The van der Waals surface area contributed by atoms with E-state index in [-0.39, 0.29) is 0 Å². The zero-order chi connectivity index (χ0) is 17.8. The van der Waals surface area contributed by atoms with E-state index in [0.29, 0.717) is 12.2 Å². The van der Waals surface area contributed by atoms with Crippen molar-refractivity contribution in [3.63, 3.8) is 0 Å². The summed E-state index contributed by atoms with van der Waals surface area (Å²) in [7, 11) is 0. The number of piperazine rings is 1. The minimum Gasteiger partial charge on any atom is -0.492 e. The molecule has 0 atom stereocenters. The maximum atomic E-state index is 8.82. The van der Waals surface area contributed by atoms with Crippen LogP contribution < -0.4 is 9.64 Å². The smallest absolute Gasteiger partial charge is 0.140 e. The molecule has 0 radical (unpaired) electrons. The van der Waals surface area contributed by atoms with Crippen molar-refractivity contribution >= 4 is 27.4 Å². The molecule has 0 saturated carbocycles. The van der Waals surface area contributed by atoms with Gasteiger partial charge in [0.25, 0.3) is 0 Å². The van der Waals surface area contributed by atoms with E-state index in [9.17, 15) is 0 Å². The number of anilines is 1. The minimum atomic E-state index is 0.647. The summed E-state index contributed by atoms with van der Waals surface area (Å²) in [6, 6.07) is 11.5. The molecule has 1 aliphatic rings. The van der Waals surface area contributed by atoms with Gasteiger partial charge in [0.05, 0.1) is 17.0 Å². The van der Waals surface area contributed by atoms with E-state index in [1.807, 2.05) is 12.1 Å². The lowest BCUT2D eigenvalue weighted by Crippen LogP contribution is -2.47. The van der Waals surface area contributed by atoms with Gasteiger partial charge in [-0.25, -0.2) is 9.97 Å². The maximum Gasteiger partial charge on any atom is 0.140 e. The van der Waals surface area contributed by atoms with Gasteiger partial charge in [-0.3, -0.25) is 4.90 Å². The molecule has 1 fully saturated rings. The van der Waals surface area contributed by atoms with Gasteiger partial charge in [0.15, 0.2) is 0 Å². The Bertz CT molecular complexity index is 910. The van der Waals surface area contributed by atoms with Gasteiger partial charge in [0.1, 0.15) is 29.3 Å². The molecule has 0 bridgehead atoms. The molecule has 1 aliphatic heterocycles. The molecule has 3 aromatic rings. The number of fused-ring (bicyclic) bond motifs is 1. The fraction of sp³-hybridized carbons (Fsp3) is 0.316. The third-order valence-corrected chi connectivity index (χ3v) is 5.39. The molecule has 132 valence electrons. The Labute approximate surface area is 156 Å². The lowest BCUT2D eigenvalue weighted by Gasteiger charge is -2.35. The van der Waals surface area contributed by atoms with Crippen LogP contribution in [0.3, 0.4) is 0 Å². The van der Waals surface area contributed by atoms with Crippen LogP contribution >= 0.6 is 11.3 Å². The number of aromatic nitrogens is 2. The Morgan fingerprint density at radius 1 is 1.08 bits per heavy atom. The number of nitrogens with zero attached hydrogens (tertiary/aromatic N) is 5. The fourth-order valence-corrected chi connectivity index (χ4v) is 3.86. The third-order valence-electron chi connectivity index (χ3n) is 4.57. The van der Waals surface area contributed by atoms with Crippen molar-refractivity contribution in [2.75, 3.05) is 44.2 Å². The van der Waals surface area contributed by atoms with E-state index < -0.39 is 0 Å². The lowest BCUT2D eigenvalue weighted by atomic mass is 10.2. The van der Waals surface area contributed by atoms with Crippen molar-refractivity contribution in [3.05, 3.63) is 47.6 Å². The van der Waals surface area contributed by atoms with Crippen LogP contribution in [0.4, 0.5) is 5.82 Å². The maximum absolute atomic E-state index is 8.82. The van der Waals surface area contributed by atoms with E-state index >= 15 is 0 Å². The Kier molecular flexibility index (Phi) is 4.95. The van der Waals surface area contributed by atoms with E-state index in [2.05, 4.69) is 37.3 Å². The molecule has 0 unspecified atom stereocenters. The lowest BCUT2D eigenvalue weighted by molar-refractivity contribution is 0.200. The second-order valence-corrected chi connectivity index (χ2v) is 7.04. The third kappa shape index (κ3) is 3.62. The number of hydrogen-bond acceptors (Lipinski definition) is 7. The topological polar surface area (TPSA) is 65.3 Å². The number of thiophene rings is 1. The Morgan fingerprint density at radius 2 is 1.88 bits per heavy atom. The molecule has 0 aliphatic carbocycles. The van der Waals surface area contributed by atoms with Crippen LogP contribution in [-0.4, -0.2) is 54.2 Å². The van der Waals surface area contributed by atoms with Crippen LogP contribution in [0, 0.1) is 11.3 Å². The van der Waals surface area contributed by atoms with Crippen molar-refractivity contribution in [1.82, 2.24) is 14.9 Å². The molecule has 4 rings (SSSR count). The molecule has 0 N–H and O–H groups in total. The molecular formula is C19H19N5OS. The molecule has 26 heavy (non-hydrogen) atoms. The summed E-state index contributed by atoms with van der Waals surface area (Å²) in [5.74, 6) is 1.85. The fourth-order valence-electron chi connectivity index (χ4n) is 3.13. The van der Waals surface area contributed by atoms with Gasteiger partial charge < -0.3 is 9.64 Å². The Balaban J connectivity index is 1.27. The molecular weight excluding hydrogens is 346 g/mol. The van der Waals surface area contributed by atoms with Gasteiger partial charge in [0, 0.05) is 32.7 Å². The quantitative estimate of drug-likeness (QED) is 0.693. The van der Waals surface area contributed by atoms with E-state index in [1.54, 1.807) is 29.8 Å². The molecule has 2 aromatic heterocycles. The predicted molar refractivity (Wildman–Crippen MR) is 103 cm³/mol. The van der Waals surface area contributed by atoms with Crippen LogP contribution in [0.2, 0.25) is 0 Å². The molecule has 0 spiro atoms. The first kappa shape index (κ1) is 16.8. The molecule has 0 amide bonds. The van der Waals surface area contributed by atoms with Gasteiger partial charge in [-0.2, -0.15) is 5.26 Å². The highest BCUT2D eigenvalue weighted by Crippen LogP contribution is 2.27. The molecule has 7 heteroatoms. The number of rotatable bonds is 5. The minimum absolute atomic E-state index is 0.647. The van der Waals surface area contributed by atoms with Crippen molar-refractivity contribution in [2.45, 2.75) is 0 Å². The number of ether oxygens (including phenoxy) is 1. The molecule has 1 aromatic carbocycles.